The first-order valence-electron chi connectivity index (χ1n) is 6.56. The van der Waals surface area contributed by atoms with Gasteiger partial charge in [0.25, 0.3) is 0 Å². The molecule has 0 aliphatic heterocycles. The maximum atomic E-state index is 11.1. The zero-order valence-corrected chi connectivity index (χ0v) is 11.6. The van der Waals surface area contributed by atoms with E-state index in [1.54, 1.807) is 0 Å². The van der Waals surface area contributed by atoms with Gasteiger partial charge in [-0.2, -0.15) is 0 Å². The second-order valence-electron chi connectivity index (χ2n) is 5.32. The van der Waals surface area contributed by atoms with Gasteiger partial charge in [-0.3, -0.25) is 9.59 Å². The van der Waals surface area contributed by atoms with Crippen molar-refractivity contribution in [1.82, 2.24) is 0 Å². The maximum absolute atomic E-state index is 11.1. The van der Waals surface area contributed by atoms with Crippen LogP contribution in [0.5, 0.6) is 0 Å². The summed E-state index contributed by atoms with van der Waals surface area (Å²) in [5.41, 5.74) is 0. The van der Waals surface area contributed by atoms with E-state index >= 15 is 0 Å². The summed E-state index contributed by atoms with van der Waals surface area (Å²) in [6, 6.07) is 0. The van der Waals surface area contributed by atoms with E-state index in [0.29, 0.717) is 12.5 Å². The fourth-order valence-corrected chi connectivity index (χ4v) is 1.65. The summed E-state index contributed by atoms with van der Waals surface area (Å²) in [5, 5.41) is 0. The van der Waals surface area contributed by atoms with Crippen molar-refractivity contribution in [2.45, 2.75) is 59.8 Å². The zero-order valence-electron chi connectivity index (χ0n) is 11.6. The molecule has 0 aromatic carbocycles. The summed E-state index contributed by atoms with van der Waals surface area (Å²) < 4.78 is 4.99. The van der Waals surface area contributed by atoms with E-state index in [-0.39, 0.29) is 12.2 Å². The SMILES string of the molecule is CC(=O)CC(=O)OCCC(C)CCCC(C)C. The lowest BCUT2D eigenvalue weighted by Gasteiger charge is -2.12. The molecule has 0 aromatic rings. The van der Waals surface area contributed by atoms with Crippen LogP contribution in [0.1, 0.15) is 59.8 Å². The summed E-state index contributed by atoms with van der Waals surface area (Å²) in [6.07, 6.45) is 4.47. The monoisotopic (exact) mass is 242 g/mol. The highest BCUT2D eigenvalue weighted by Crippen LogP contribution is 2.15. The molecule has 0 fully saturated rings. The number of ketones is 1. The first-order valence-corrected chi connectivity index (χ1v) is 6.56. The van der Waals surface area contributed by atoms with Gasteiger partial charge in [-0.25, -0.2) is 0 Å². The molecular formula is C14H26O3. The predicted octanol–water partition coefficient (Wildman–Crippen LogP) is 3.36. The fourth-order valence-electron chi connectivity index (χ4n) is 1.65. The van der Waals surface area contributed by atoms with Crippen LogP contribution in [-0.2, 0) is 14.3 Å². The number of ether oxygens (including phenoxy) is 1. The Balaban J connectivity index is 3.47. The van der Waals surface area contributed by atoms with Gasteiger partial charge in [0.05, 0.1) is 6.61 Å². The minimum atomic E-state index is -0.396. The maximum Gasteiger partial charge on any atom is 0.313 e. The number of carbonyl (C=O) groups is 2. The van der Waals surface area contributed by atoms with E-state index in [9.17, 15) is 9.59 Å². The van der Waals surface area contributed by atoms with Crippen molar-refractivity contribution < 1.29 is 14.3 Å². The third kappa shape index (κ3) is 11.4. The Kier molecular flexibility index (Phi) is 8.73. The van der Waals surface area contributed by atoms with Crippen molar-refractivity contribution in [3.8, 4) is 0 Å². The third-order valence-corrected chi connectivity index (χ3v) is 2.75. The van der Waals surface area contributed by atoms with Gasteiger partial charge in [-0.05, 0) is 25.2 Å². The fraction of sp³-hybridized carbons (Fsp3) is 0.857. The highest BCUT2D eigenvalue weighted by atomic mass is 16.5. The Morgan fingerprint density at radius 1 is 1.06 bits per heavy atom. The number of Topliss-reactive ketones (excluding diaryl/α,β-unsaturated/α-hetero) is 1. The van der Waals surface area contributed by atoms with Crippen LogP contribution in [-0.4, -0.2) is 18.4 Å². The van der Waals surface area contributed by atoms with Crippen LogP contribution in [0.25, 0.3) is 0 Å². The molecule has 0 rings (SSSR count). The topological polar surface area (TPSA) is 43.4 Å². The molecule has 3 heteroatoms. The van der Waals surface area contributed by atoms with Crippen molar-refractivity contribution >= 4 is 11.8 Å². The number of carbonyl (C=O) groups excluding carboxylic acids is 2. The molecule has 0 aliphatic rings. The molecule has 0 spiro atoms. The molecule has 0 saturated carbocycles. The average Bonchev–Trinajstić information content (AvgIpc) is 2.15. The number of hydrogen-bond acceptors (Lipinski definition) is 3. The Morgan fingerprint density at radius 3 is 2.24 bits per heavy atom. The molecule has 0 saturated heterocycles. The largest absolute Gasteiger partial charge is 0.465 e. The van der Waals surface area contributed by atoms with E-state index in [2.05, 4.69) is 20.8 Å². The average molecular weight is 242 g/mol. The van der Waals surface area contributed by atoms with Crippen molar-refractivity contribution in [1.29, 1.82) is 0 Å². The molecule has 0 heterocycles. The van der Waals surface area contributed by atoms with Crippen molar-refractivity contribution in [2.75, 3.05) is 6.61 Å². The number of rotatable bonds is 9. The highest BCUT2D eigenvalue weighted by molar-refractivity contribution is 5.94. The molecule has 0 radical (unpaired) electrons. The first-order chi connectivity index (χ1) is 7.91. The Bertz CT molecular complexity index is 234. The molecule has 1 atom stereocenters. The lowest BCUT2D eigenvalue weighted by Crippen LogP contribution is -2.11. The smallest absolute Gasteiger partial charge is 0.313 e. The van der Waals surface area contributed by atoms with E-state index in [0.717, 1.165) is 12.3 Å². The van der Waals surface area contributed by atoms with E-state index in [4.69, 9.17) is 4.74 Å². The normalized spacial score (nSPS) is 12.5. The molecule has 0 amide bonds. The summed E-state index contributed by atoms with van der Waals surface area (Å²) >= 11 is 0. The minimum Gasteiger partial charge on any atom is -0.465 e. The summed E-state index contributed by atoms with van der Waals surface area (Å²) in [5.74, 6) is 0.807. The summed E-state index contributed by atoms with van der Waals surface area (Å²) in [7, 11) is 0. The summed E-state index contributed by atoms with van der Waals surface area (Å²) in [4.78, 5) is 21.8. The first kappa shape index (κ1) is 16.1. The predicted molar refractivity (Wildman–Crippen MR) is 68.7 cm³/mol. The molecule has 1 unspecified atom stereocenters. The van der Waals surface area contributed by atoms with Crippen LogP contribution in [0.2, 0.25) is 0 Å². The van der Waals surface area contributed by atoms with Crippen LogP contribution in [0, 0.1) is 11.8 Å². The van der Waals surface area contributed by atoms with Gasteiger partial charge in [0.1, 0.15) is 12.2 Å². The van der Waals surface area contributed by atoms with Crippen LogP contribution in [0.15, 0.2) is 0 Å². The van der Waals surface area contributed by atoms with E-state index in [1.807, 2.05) is 0 Å². The quantitative estimate of drug-likeness (QED) is 0.460. The van der Waals surface area contributed by atoms with Gasteiger partial charge in [-0.1, -0.05) is 40.0 Å². The Hall–Kier alpha value is -0.860. The van der Waals surface area contributed by atoms with Crippen molar-refractivity contribution in [3.63, 3.8) is 0 Å². The molecular weight excluding hydrogens is 216 g/mol. The van der Waals surface area contributed by atoms with Gasteiger partial charge in [-0.15, -0.1) is 0 Å². The second-order valence-corrected chi connectivity index (χ2v) is 5.32. The van der Waals surface area contributed by atoms with Gasteiger partial charge < -0.3 is 4.74 Å². The van der Waals surface area contributed by atoms with Gasteiger partial charge >= 0.3 is 5.97 Å². The van der Waals surface area contributed by atoms with Crippen LogP contribution < -0.4 is 0 Å². The third-order valence-electron chi connectivity index (χ3n) is 2.75. The second kappa shape index (κ2) is 9.20. The number of hydrogen-bond donors (Lipinski definition) is 0. The Morgan fingerprint density at radius 2 is 1.71 bits per heavy atom. The molecule has 17 heavy (non-hydrogen) atoms. The molecule has 0 N–H and O–H groups in total. The van der Waals surface area contributed by atoms with Crippen LogP contribution in [0.3, 0.4) is 0 Å². The number of esters is 1. The van der Waals surface area contributed by atoms with Crippen molar-refractivity contribution in [2.24, 2.45) is 11.8 Å². The van der Waals surface area contributed by atoms with Crippen LogP contribution >= 0.6 is 0 Å². The molecule has 0 bridgehead atoms. The highest BCUT2D eigenvalue weighted by Gasteiger charge is 2.08. The van der Waals surface area contributed by atoms with Gasteiger partial charge in [0.2, 0.25) is 0 Å². The molecule has 0 aliphatic carbocycles. The van der Waals surface area contributed by atoms with Crippen molar-refractivity contribution in [3.05, 3.63) is 0 Å². The lowest BCUT2D eigenvalue weighted by molar-refractivity contribution is -0.146. The van der Waals surface area contributed by atoms with Gasteiger partial charge in [0, 0.05) is 0 Å². The molecule has 0 aromatic heterocycles. The zero-order chi connectivity index (χ0) is 13.3. The minimum absolute atomic E-state index is 0.0955. The Labute approximate surface area is 105 Å². The standard InChI is InChI=1S/C14H26O3/c1-11(2)6-5-7-12(3)8-9-17-14(16)10-13(4)15/h11-12H,5-10H2,1-4H3. The summed E-state index contributed by atoms with van der Waals surface area (Å²) in [6.45, 7) is 8.48. The van der Waals surface area contributed by atoms with Crippen LogP contribution in [0.4, 0.5) is 0 Å². The molecule has 3 nitrogen and oxygen atoms in total. The van der Waals surface area contributed by atoms with E-state index < -0.39 is 5.97 Å². The van der Waals surface area contributed by atoms with Gasteiger partial charge in [0.15, 0.2) is 0 Å². The lowest BCUT2D eigenvalue weighted by atomic mass is 9.98. The molecule has 100 valence electrons. The van der Waals surface area contributed by atoms with E-state index in [1.165, 1.54) is 26.2 Å².